The molecule has 0 unspecified atom stereocenters. The third-order valence-electron chi connectivity index (χ3n) is 5.53. The van der Waals surface area contributed by atoms with Gasteiger partial charge >= 0.3 is 0 Å². The summed E-state index contributed by atoms with van der Waals surface area (Å²) in [6.07, 6.45) is 5.55. The second-order valence-electron chi connectivity index (χ2n) is 8.58. The number of H-pyrrole nitrogens is 1. The zero-order chi connectivity index (χ0) is 17.6. The Hall–Kier alpha value is -2.10. The van der Waals surface area contributed by atoms with Crippen molar-refractivity contribution in [3.8, 4) is 11.3 Å². The van der Waals surface area contributed by atoms with Crippen LogP contribution < -0.4 is 5.32 Å². The smallest absolute Gasteiger partial charge is 0.227 e. The molecule has 1 amide bonds. The molecule has 2 aliphatic rings. The van der Waals surface area contributed by atoms with Gasteiger partial charge in [0.2, 0.25) is 5.91 Å². The van der Waals surface area contributed by atoms with Gasteiger partial charge in [-0.1, -0.05) is 51.5 Å². The minimum atomic E-state index is 0.130. The first-order chi connectivity index (χ1) is 11.9. The SMILES string of the molecule is CC(C)(C)c1ccc(-c2n[nH]c(C3CC3)c2NC(=O)C2CCC2)cc1. The minimum absolute atomic E-state index is 0.130. The summed E-state index contributed by atoms with van der Waals surface area (Å²) in [5.41, 5.74) is 5.36. The molecular formula is C21H27N3O. The Balaban J connectivity index is 1.65. The molecule has 1 heterocycles. The molecule has 2 aromatic rings. The number of carbonyl (C=O) groups is 1. The van der Waals surface area contributed by atoms with Crippen molar-refractivity contribution in [1.82, 2.24) is 10.2 Å². The van der Waals surface area contributed by atoms with Crippen molar-refractivity contribution in [2.45, 2.75) is 64.2 Å². The van der Waals surface area contributed by atoms with Crippen LogP contribution in [-0.4, -0.2) is 16.1 Å². The van der Waals surface area contributed by atoms with Gasteiger partial charge in [-0.05, 0) is 36.7 Å². The number of hydrogen-bond acceptors (Lipinski definition) is 2. The number of nitrogens with one attached hydrogen (secondary N) is 2. The zero-order valence-corrected chi connectivity index (χ0v) is 15.4. The van der Waals surface area contributed by atoms with Crippen molar-refractivity contribution in [3.63, 3.8) is 0 Å². The average molecular weight is 337 g/mol. The Morgan fingerprint density at radius 2 is 1.80 bits per heavy atom. The van der Waals surface area contributed by atoms with Gasteiger partial charge in [-0.2, -0.15) is 5.10 Å². The third-order valence-corrected chi connectivity index (χ3v) is 5.53. The van der Waals surface area contributed by atoms with Crippen LogP contribution in [0, 0.1) is 5.92 Å². The molecule has 0 aliphatic heterocycles. The normalized spacial score (nSPS) is 18.0. The van der Waals surface area contributed by atoms with Crippen LogP contribution in [0.4, 0.5) is 5.69 Å². The second kappa shape index (κ2) is 6.01. The maximum Gasteiger partial charge on any atom is 0.227 e. The van der Waals surface area contributed by atoms with E-state index in [2.05, 4.69) is 60.6 Å². The van der Waals surface area contributed by atoms with E-state index in [-0.39, 0.29) is 17.2 Å². The largest absolute Gasteiger partial charge is 0.322 e. The molecule has 132 valence electrons. The summed E-state index contributed by atoms with van der Waals surface area (Å²) >= 11 is 0. The quantitative estimate of drug-likeness (QED) is 0.825. The lowest BCUT2D eigenvalue weighted by molar-refractivity contribution is -0.122. The summed E-state index contributed by atoms with van der Waals surface area (Å²) in [6.45, 7) is 6.64. The molecule has 0 radical (unpaired) electrons. The van der Waals surface area contributed by atoms with Crippen LogP contribution in [-0.2, 0) is 10.2 Å². The van der Waals surface area contributed by atoms with Gasteiger partial charge < -0.3 is 5.32 Å². The summed E-state index contributed by atoms with van der Waals surface area (Å²) < 4.78 is 0. The number of anilines is 1. The number of rotatable bonds is 4. The van der Waals surface area contributed by atoms with Gasteiger partial charge in [-0.3, -0.25) is 9.89 Å². The summed E-state index contributed by atoms with van der Waals surface area (Å²) in [4.78, 5) is 12.5. The second-order valence-corrected chi connectivity index (χ2v) is 8.58. The third kappa shape index (κ3) is 3.22. The number of benzene rings is 1. The predicted molar refractivity (Wildman–Crippen MR) is 101 cm³/mol. The molecule has 2 N–H and O–H groups in total. The molecule has 1 aromatic carbocycles. The fourth-order valence-electron chi connectivity index (χ4n) is 3.38. The van der Waals surface area contributed by atoms with E-state index in [0.717, 1.165) is 35.5 Å². The van der Waals surface area contributed by atoms with E-state index in [1.807, 2.05) is 0 Å². The van der Waals surface area contributed by atoms with Gasteiger partial charge in [0.1, 0.15) is 5.69 Å². The highest BCUT2D eigenvalue weighted by atomic mass is 16.1. The van der Waals surface area contributed by atoms with Crippen LogP contribution in [0.2, 0.25) is 0 Å². The number of aromatic nitrogens is 2. The van der Waals surface area contributed by atoms with E-state index in [0.29, 0.717) is 5.92 Å². The zero-order valence-electron chi connectivity index (χ0n) is 15.4. The van der Waals surface area contributed by atoms with Crippen LogP contribution in [0.15, 0.2) is 24.3 Å². The average Bonchev–Trinajstić information content (AvgIpc) is 3.26. The molecular weight excluding hydrogens is 310 g/mol. The first kappa shape index (κ1) is 16.4. The van der Waals surface area contributed by atoms with Gasteiger partial charge in [0.05, 0.1) is 11.4 Å². The van der Waals surface area contributed by atoms with Crippen molar-refractivity contribution >= 4 is 11.6 Å². The van der Waals surface area contributed by atoms with Crippen LogP contribution in [0.1, 0.15) is 70.1 Å². The minimum Gasteiger partial charge on any atom is -0.322 e. The molecule has 0 atom stereocenters. The standard InChI is InChI=1S/C21H27N3O/c1-21(2,3)16-11-9-14(10-12-16)18-19(17(23-24-18)13-7-8-13)22-20(25)15-5-4-6-15/h9-13,15H,4-8H2,1-3H3,(H,22,25)(H,23,24). The Morgan fingerprint density at radius 1 is 1.12 bits per heavy atom. The Labute approximate surface area is 149 Å². The number of aromatic amines is 1. The summed E-state index contributed by atoms with van der Waals surface area (Å²) in [5, 5.41) is 10.9. The van der Waals surface area contributed by atoms with Gasteiger partial charge in [0.15, 0.2) is 0 Å². The van der Waals surface area contributed by atoms with Crippen LogP contribution in [0.3, 0.4) is 0 Å². The van der Waals surface area contributed by atoms with E-state index in [9.17, 15) is 4.79 Å². The Bertz CT molecular complexity index is 774. The number of nitrogens with zero attached hydrogens (tertiary/aromatic N) is 1. The molecule has 0 saturated heterocycles. The molecule has 4 rings (SSSR count). The molecule has 2 saturated carbocycles. The Kier molecular flexibility index (Phi) is 3.94. The highest BCUT2D eigenvalue weighted by molar-refractivity contribution is 5.97. The lowest BCUT2D eigenvalue weighted by atomic mass is 9.84. The molecule has 0 bridgehead atoms. The first-order valence-electron chi connectivity index (χ1n) is 9.43. The van der Waals surface area contributed by atoms with Crippen molar-refractivity contribution in [3.05, 3.63) is 35.5 Å². The maximum absolute atomic E-state index is 12.5. The lowest BCUT2D eigenvalue weighted by Crippen LogP contribution is -2.28. The van der Waals surface area contributed by atoms with Crippen molar-refractivity contribution in [2.75, 3.05) is 5.32 Å². The van der Waals surface area contributed by atoms with E-state index in [1.165, 1.54) is 24.8 Å². The number of amides is 1. The van der Waals surface area contributed by atoms with Gasteiger partial charge in [-0.15, -0.1) is 0 Å². The summed E-state index contributed by atoms with van der Waals surface area (Å²) in [7, 11) is 0. The fraction of sp³-hybridized carbons (Fsp3) is 0.524. The highest BCUT2D eigenvalue weighted by Crippen LogP contribution is 2.45. The summed E-state index contributed by atoms with van der Waals surface area (Å²) in [6, 6.07) is 8.57. The first-order valence-corrected chi connectivity index (χ1v) is 9.43. The molecule has 4 nitrogen and oxygen atoms in total. The topological polar surface area (TPSA) is 57.8 Å². The van der Waals surface area contributed by atoms with E-state index in [1.54, 1.807) is 0 Å². The van der Waals surface area contributed by atoms with E-state index in [4.69, 9.17) is 0 Å². The van der Waals surface area contributed by atoms with Gasteiger partial charge in [0.25, 0.3) is 0 Å². The van der Waals surface area contributed by atoms with Crippen LogP contribution in [0.25, 0.3) is 11.3 Å². The predicted octanol–water partition coefficient (Wildman–Crippen LogP) is 4.99. The van der Waals surface area contributed by atoms with Crippen molar-refractivity contribution in [1.29, 1.82) is 0 Å². The van der Waals surface area contributed by atoms with Gasteiger partial charge in [-0.25, -0.2) is 0 Å². The molecule has 2 aliphatic carbocycles. The number of hydrogen-bond donors (Lipinski definition) is 2. The van der Waals surface area contributed by atoms with Gasteiger partial charge in [0, 0.05) is 17.4 Å². The van der Waals surface area contributed by atoms with Crippen LogP contribution >= 0.6 is 0 Å². The molecule has 1 aromatic heterocycles. The number of carbonyl (C=O) groups excluding carboxylic acids is 1. The molecule has 2 fully saturated rings. The van der Waals surface area contributed by atoms with Crippen molar-refractivity contribution < 1.29 is 4.79 Å². The molecule has 0 spiro atoms. The summed E-state index contributed by atoms with van der Waals surface area (Å²) in [5.74, 6) is 0.854. The van der Waals surface area contributed by atoms with Crippen LogP contribution in [0.5, 0.6) is 0 Å². The molecule has 25 heavy (non-hydrogen) atoms. The monoisotopic (exact) mass is 337 g/mol. The Morgan fingerprint density at radius 3 is 2.32 bits per heavy atom. The van der Waals surface area contributed by atoms with E-state index >= 15 is 0 Å². The maximum atomic E-state index is 12.5. The lowest BCUT2D eigenvalue weighted by Gasteiger charge is -2.24. The highest BCUT2D eigenvalue weighted by Gasteiger charge is 2.33. The fourth-order valence-corrected chi connectivity index (χ4v) is 3.38. The molecule has 4 heteroatoms. The van der Waals surface area contributed by atoms with E-state index < -0.39 is 0 Å². The van der Waals surface area contributed by atoms with Crippen molar-refractivity contribution in [2.24, 2.45) is 5.92 Å².